The highest BCUT2D eigenvalue weighted by molar-refractivity contribution is 5.68. The lowest BCUT2D eigenvalue weighted by atomic mass is 9.84. The van der Waals surface area contributed by atoms with Crippen LogP contribution in [0, 0.1) is 24.7 Å². The van der Waals surface area contributed by atoms with Crippen molar-refractivity contribution in [3.8, 4) is 58.6 Å². The normalized spacial score (nSPS) is 12.2. The minimum absolute atomic E-state index is 0.0771. The number of aromatic nitrogens is 6. The summed E-state index contributed by atoms with van der Waals surface area (Å²) in [7, 11) is 0. The Morgan fingerprint density at radius 2 is 0.864 bits per heavy atom. The van der Waals surface area contributed by atoms with E-state index in [1.165, 1.54) is 0 Å². The van der Waals surface area contributed by atoms with E-state index in [2.05, 4.69) is 137 Å². The first-order chi connectivity index (χ1) is 20.6. The van der Waals surface area contributed by atoms with Gasteiger partial charge in [0, 0.05) is 22.3 Å². The van der Waals surface area contributed by atoms with Crippen molar-refractivity contribution in [2.45, 2.75) is 78.6 Å². The summed E-state index contributed by atoms with van der Waals surface area (Å²) in [5.41, 5.74) is 10.1. The van der Waals surface area contributed by atoms with Crippen molar-refractivity contribution in [1.82, 2.24) is 30.0 Å². The standard InChI is InChI=1S/C38H40N6/c1-12-25-14-27(18-29(16-25)36(3,4)5)34-23-39-41-43(34)32-20-31(38(9,10)11)21-33(22-32)44-35(24-40-42-44)28-15-26(13-2)17-30(19-28)37(6,7)8/h1-2,14-24H,3-11H3. The predicted molar refractivity (Wildman–Crippen MR) is 179 cm³/mol. The number of hydrogen-bond acceptors (Lipinski definition) is 4. The fourth-order valence-corrected chi connectivity index (χ4v) is 5.10. The summed E-state index contributed by atoms with van der Waals surface area (Å²) in [6.45, 7) is 19.7. The van der Waals surface area contributed by atoms with Gasteiger partial charge in [-0.05, 0) is 87.5 Å². The van der Waals surface area contributed by atoms with Crippen LogP contribution in [0.15, 0.2) is 67.0 Å². The minimum atomic E-state index is -0.155. The van der Waals surface area contributed by atoms with Gasteiger partial charge in [0.2, 0.25) is 0 Å². The Balaban J connectivity index is 1.71. The van der Waals surface area contributed by atoms with Crippen molar-refractivity contribution >= 4 is 0 Å². The predicted octanol–water partition coefficient (Wildman–Crippen LogP) is 8.04. The molecule has 0 aliphatic heterocycles. The zero-order chi connectivity index (χ0) is 32.0. The Labute approximate surface area is 261 Å². The maximum Gasteiger partial charge on any atom is 0.0944 e. The van der Waals surface area contributed by atoms with Crippen molar-refractivity contribution in [2.24, 2.45) is 0 Å². The van der Waals surface area contributed by atoms with Gasteiger partial charge in [0.25, 0.3) is 0 Å². The lowest BCUT2D eigenvalue weighted by molar-refractivity contribution is 0.587. The van der Waals surface area contributed by atoms with E-state index in [-0.39, 0.29) is 16.2 Å². The molecule has 0 saturated heterocycles. The SMILES string of the molecule is C#Cc1cc(-c2cnnn2-c2cc(-n3nncc3-c3cc(C#C)cc(C(C)(C)C)c3)cc(C(C)(C)C)c2)cc(C(C)(C)C)c1. The summed E-state index contributed by atoms with van der Waals surface area (Å²) in [4.78, 5) is 0. The van der Waals surface area contributed by atoms with Gasteiger partial charge in [-0.1, -0.05) is 84.6 Å². The highest BCUT2D eigenvalue weighted by Gasteiger charge is 2.22. The zero-order valence-electron chi connectivity index (χ0n) is 27.2. The molecule has 3 aromatic carbocycles. The monoisotopic (exact) mass is 580 g/mol. The molecule has 44 heavy (non-hydrogen) atoms. The molecule has 0 amide bonds. The van der Waals surface area contributed by atoms with Crippen molar-refractivity contribution in [2.75, 3.05) is 0 Å². The van der Waals surface area contributed by atoms with E-state index in [0.29, 0.717) is 0 Å². The molecule has 2 heterocycles. The molecular weight excluding hydrogens is 540 g/mol. The van der Waals surface area contributed by atoms with Crippen LogP contribution < -0.4 is 0 Å². The number of nitrogens with zero attached hydrogens (tertiary/aromatic N) is 6. The lowest BCUT2D eigenvalue weighted by Gasteiger charge is -2.23. The van der Waals surface area contributed by atoms with E-state index in [0.717, 1.165) is 61.7 Å². The molecule has 0 spiro atoms. The Bertz CT molecular complexity index is 1800. The van der Waals surface area contributed by atoms with Crippen LogP contribution in [0.3, 0.4) is 0 Å². The molecule has 0 unspecified atom stereocenters. The van der Waals surface area contributed by atoms with Crippen molar-refractivity contribution in [1.29, 1.82) is 0 Å². The van der Waals surface area contributed by atoms with Gasteiger partial charge in [-0.15, -0.1) is 23.0 Å². The molecule has 0 saturated carbocycles. The summed E-state index contributed by atoms with van der Waals surface area (Å²) in [5, 5.41) is 17.8. The van der Waals surface area contributed by atoms with Crippen LogP contribution in [-0.4, -0.2) is 30.0 Å². The molecule has 0 atom stereocenters. The summed E-state index contributed by atoms with van der Waals surface area (Å²) in [5.74, 6) is 5.64. The van der Waals surface area contributed by atoms with Crippen LogP contribution in [0.5, 0.6) is 0 Å². The van der Waals surface area contributed by atoms with E-state index in [1.54, 1.807) is 12.4 Å². The van der Waals surface area contributed by atoms with E-state index < -0.39 is 0 Å². The topological polar surface area (TPSA) is 61.4 Å². The first kappa shape index (κ1) is 30.5. The molecule has 0 radical (unpaired) electrons. The Morgan fingerprint density at radius 1 is 0.500 bits per heavy atom. The maximum absolute atomic E-state index is 5.87. The molecule has 6 nitrogen and oxygen atoms in total. The van der Waals surface area contributed by atoms with Gasteiger partial charge in [-0.3, -0.25) is 0 Å². The summed E-state index contributed by atoms with van der Waals surface area (Å²) in [6, 6.07) is 18.9. The third kappa shape index (κ3) is 6.08. The lowest BCUT2D eigenvalue weighted by Crippen LogP contribution is -2.14. The molecule has 0 fully saturated rings. The fourth-order valence-electron chi connectivity index (χ4n) is 5.10. The molecule has 5 aromatic rings. The largest absolute Gasteiger partial charge is 0.213 e. The molecule has 0 N–H and O–H groups in total. The third-order valence-corrected chi connectivity index (χ3v) is 7.88. The molecular formula is C38H40N6. The fraction of sp³-hybridized carbons (Fsp3) is 0.316. The zero-order valence-corrected chi connectivity index (χ0v) is 27.2. The van der Waals surface area contributed by atoms with Gasteiger partial charge in [0.05, 0.1) is 35.2 Å². The summed E-state index contributed by atoms with van der Waals surface area (Å²) in [6.07, 6.45) is 15.3. The van der Waals surface area contributed by atoms with Gasteiger partial charge in [-0.2, -0.15) is 0 Å². The third-order valence-electron chi connectivity index (χ3n) is 7.88. The highest BCUT2D eigenvalue weighted by atomic mass is 15.4. The first-order valence-corrected chi connectivity index (χ1v) is 14.8. The van der Waals surface area contributed by atoms with Crippen LogP contribution in [0.2, 0.25) is 0 Å². The number of rotatable bonds is 4. The van der Waals surface area contributed by atoms with Gasteiger partial charge >= 0.3 is 0 Å². The van der Waals surface area contributed by atoms with Crippen LogP contribution in [0.4, 0.5) is 0 Å². The van der Waals surface area contributed by atoms with Crippen LogP contribution in [0.1, 0.15) is 90.1 Å². The molecule has 0 bridgehead atoms. The number of benzene rings is 3. The van der Waals surface area contributed by atoms with Gasteiger partial charge in [-0.25, -0.2) is 9.36 Å². The van der Waals surface area contributed by atoms with Crippen LogP contribution in [-0.2, 0) is 16.2 Å². The molecule has 2 aromatic heterocycles. The van der Waals surface area contributed by atoms with E-state index in [1.807, 2.05) is 21.5 Å². The quantitative estimate of drug-likeness (QED) is 0.202. The van der Waals surface area contributed by atoms with Crippen molar-refractivity contribution < 1.29 is 0 Å². The number of terminal acetylenes is 2. The Hall–Kier alpha value is -4.94. The molecule has 0 aliphatic rings. The second-order valence-corrected chi connectivity index (χ2v) is 14.4. The summed E-state index contributed by atoms with van der Waals surface area (Å²) >= 11 is 0. The second kappa shape index (κ2) is 11.0. The number of hydrogen-bond donors (Lipinski definition) is 0. The molecule has 0 aliphatic carbocycles. The first-order valence-electron chi connectivity index (χ1n) is 14.8. The second-order valence-electron chi connectivity index (χ2n) is 14.4. The smallest absolute Gasteiger partial charge is 0.0944 e. The Morgan fingerprint density at radius 3 is 1.20 bits per heavy atom. The van der Waals surface area contributed by atoms with Gasteiger partial charge in [0.15, 0.2) is 0 Å². The minimum Gasteiger partial charge on any atom is -0.213 e. The van der Waals surface area contributed by atoms with Gasteiger partial charge < -0.3 is 0 Å². The van der Waals surface area contributed by atoms with Crippen molar-refractivity contribution in [3.63, 3.8) is 0 Å². The van der Waals surface area contributed by atoms with E-state index in [9.17, 15) is 0 Å². The molecule has 6 heteroatoms. The Kier molecular flexibility index (Phi) is 7.60. The highest BCUT2D eigenvalue weighted by Crippen LogP contribution is 2.34. The van der Waals surface area contributed by atoms with E-state index >= 15 is 0 Å². The van der Waals surface area contributed by atoms with Gasteiger partial charge in [0.1, 0.15) is 0 Å². The maximum atomic E-state index is 5.87. The molecule has 222 valence electrons. The van der Waals surface area contributed by atoms with Crippen LogP contribution >= 0.6 is 0 Å². The van der Waals surface area contributed by atoms with E-state index in [4.69, 9.17) is 12.8 Å². The summed E-state index contributed by atoms with van der Waals surface area (Å²) < 4.78 is 3.74. The average Bonchev–Trinajstić information content (AvgIpc) is 3.66. The van der Waals surface area contributed by atoms with Crippen LogP contribution in [0.25, 0.3) is 33.9 Å². The molecule has 5 rings (SSSR count). The van der Waals surface area contributed by atoms with Crippen molar-refractivity contribution in [3.05, 3.63) is 94.8 Å². The average molecular weight is 581 g/mol.